The Hall–Kier alpha value is -2.54. The Labute approximate surface area is 171 Å². The van der Waals surface area contributed by atoms with E-state index < -0.39 is 11.7 Å². The van der Waals surface area contributed by atoms with Crippen molar-refractivity contribution in [1.29, 1.82) is 0 Å². The number of piperidine rings is 1. The van der Waals surface area contributed by atoms with Gasteiger partial charge < -0.3 is 10.2 Å². The highest BCUT2D eigenvalue weighted by atomic mass is 35.5. The molecule has 0 atom stereocenters. The van der Waals surface area contributed by atoms with Crippen molar-refractivity contribution in [3.05, 3.63) is 64.2 Å². The quantitative estimate of drug-likeness (QED) is 0.740. The molecule has 0 radical (unpaired) electrons. The van der Waals surface area contributed by atoms with Gasteiger partial charge in [0.15, 0.2) is 0 Å². The summed E-state index contributed by atoms with van der Waals surface area (Å²) in [5, 5.41) is 3.49. The van der Waals surface area contributed by atoms with Crippen molar-refractivity contribution < 1.29 is 22.8 Å². The van der Waals surface area contributed by atoms with Crippen LogP contribution in [-0.4, -0.2) is 29.8 Å². The second-order valence-electron chi connectivity index (χ2n) is 7.09. The number of likely N-dealkylation sites (tertiary alicyclic amines) is 1. The molecule has 0 aromatic heterocycles. The lowest BCUT2D eigenvalue weighted by molar-refractivity contribution is -0.137. The maximum absolute atomic E-state index is 12.7. The van der Waals surface area contributed by atoms with E-state index in [0.29, 0.717) is 36.6 Å². The fourth-order valence-electron chi connectivity index (χ4n) is 3.33. The van der Waals surface area contributed by atoms with Crippen LogP contribution in [0.5, 0.6) is 0 Å². The summed E-state index contributed by atoms with van der Waals surface area (Å²) in [4.78, 5) is 26.6. The third kappa shape index (κ3) is 5.09. The van der Waals surface area contributed by atoms with Crippen molar-refractivity contribution >= 4 is 29.1 Å². The van der Waals surface area contributed by atoms with E-state index in [0.717, 1.165) is 17.7 Å². The monoisotopic (exact) mass is 424 g/mol. The topological polar surface area (TPSA) is 49.4 Å². The summed E-state index contributed by atoms with van der Waals surface area (Å²) >= 11 is 5.92. The summed E-state index contributed by atoms with van der Waals surface area (Å²) < 4.78 is 38.0. The molecule has 2 aromatic rings. The molecule has 1 N–H and O–H groups in total. The number of benzene rings is 2. The van der Waals surface area contributed by atoms with E-state index in [-0.39, 0.29) is 23.3 Å². The third-order valence-electron chi connectivity index (χ3n) is 5.06. The van der Waals surface area contributed by atoms with E-state index in [1.165, 1.54) is 12.1 Å². The van der Waals surface area contributed by atoms with Crippen molar-refractivity contribution in [2.45, 2.75) is 25.9 Å². The van der Waals surface area contributed by atoms with Gasteiger partial charge in [0.2, 0.25) is 5.91 Å². The van der Waals surface area contributed by atoms with E-state index >= 15 is 0 Å². The molecule has 0 aliphatic carbocycles. The zero-order chi connectivity index (χ0) is 21.2. The first kappa shape index (κ1) is 21.2. The Balaban J connectivity index is 1.57. The van der Waals surface area contributed by atoms with Crippen LogP contribution in [-0.2, 0) is 11.0 Å². The Morgan fingerprint density at radius 3 is 2.24 bits per heavy atom. The van der Waals surface area contributed by atoms with Crippen LogP contribution in [0.25, 0.3) is 0 Å². The maximum Gasteiger partial charge on any atom is 0.416 e. The molecule has 29 heavy (non-hydrogen) atoms. The molecule has 0 unspecified atom stereocenters. The molecule has 4 nitrogen and oxygen atoms in total. The molecule has 0 bridgehead atoms. The third-order valence-corrected chi connectivity index (χ3v) is 5.29. The minimum Gasteiger partial charge on any atom is -0.339 e. The summed E-state index contributed by atoms with van der Waals surface area (Å²) in [5.41, 5.74) is 0.975. The molecule has 3 rings (SSSR count). The number of nitrogens with zero attached hydrogens (tertiary/aromatic N) is 1. The Kier molecular flexibility index (Phi) is 6.17. The van der Waals surface area contributed by atoms with Crippen LogP contribution in [0, 0.1) is 12.8 Å². The standard InChI is InChI=1S/C21H20ClF3N2O2/c1-13-12-17(22)6-7-18(13)26-19(28)14-8-10-27(11-9-14)20(29)15-2-4-16(5-3-15)21(23,24)25/h2-7,12,14H,8-11H2,1H3,(H,26,28). The average molecular weight is 425 g/mol. The molecule has 0 spiro atoms. The van der Waals surface area contributed by atoms with Crippen LogP contribution in [0.2, 0.25) is 5.02 Å². The van der Waals surface area contributed by atoms with Gasteiger partial charge in [0.1, 0.15) is 0 Å². The van der Waals surface area contributed by atoms with Gasteiger partial charge in [0.25, 0.3) is 5.91 Å². The number of anilines is 1. The Bertz CT molecular complexity index is 905. The first-order valence-corrected chi connectivity index (χ1v) is 9.56. The molecule has 1 fully saturated rings. The van der Waals surface area contributed by atoms with E-state index in [4.69, 9.17) is 11.6 Å². The van der Waals surface area contributed by atoms with Gasteiger partial charge >= 0.3 is 6.18 Å². The van der Waals surface area contributed by atoms with E-state index in [9.17, 15) is 22.8 Å². The van der Waals surface area contributed by atoms with Crippen molar-refractivity contribution in [1.82, 2.24) is 4.90 Å². The predicted molar refractivity (Wildman–Crippen MR) is 105 cm³/mol. The van der Waals surface area contributed by atoms with Gasteiger partial charge in [-0.25, -0.2) is 0 Å². The molecular weight excluding hydrogens is 405 g/mol. The summed E-state index contributed by atoms with van der Waals surface area (Å²) in [6.07, 6.45) is -3.45. The fourth-order valence-corrected chi connectivity index (χ4v) is 3.56. The molecule has 1 heterocycles. The van der Waals surface area contributed by atoms with Crippen LogP contribution >= 0.6 is 11.6 Å². The smallest absolute Gasteiger partial charge is 0.339 e. The van der Waals surface area contributed by atoms with Crippen molar-refractivity contribution in [3.63, 3.8) is 0 Å². The molecule has 2 aromatic carbocycles. The number of nitrogens with one attached hydrogen (secondary N) is 1. The molecule has 1 saturated heterocycles. The van der Waals surface area contributed by atoms with Crippen LogP contribution in [0.1, 0.15) is 34.3 Å². The van der Waals surface area contributed by atoms with E-state index in [1.54, 1.807) is 23.1 Å². The number of hydrogen-bond donors (Lipinski definition) is 1. The highest BCUT2D eigenvalue weighted by Crippen LogP contribution is 2.29. The van der Waals surface area contributed by atoms with E-state index in [2.05, 4.69) is 5.32 Å². The summed E-state index contributed by atoms with van der Waals surface area (Å²) in [5.74, 6) is -0.676. The highest BCUT2D eigenvalue weighted by Gasteiger charge is 2.31. The number of carbonyl (C=O) groups excluding carboxylic acids is 2. The molecule has 1 aliphatic heterocycles. The normalized spacial score (nSPS) is 15.3. The van der Waals surface area contributed by atoms with Gasteiger partial charge in [-0.2, -0.15) is 13.2 Å². The zero-order valence-corrected chi connectivity index (χ0v) is 16.5. The van der Waals surface area contributed by atoms with Gasteiger partial charge in [-0.15, -0.1) is 0 Å². The van der Waals surface area contributed by atoms with Crippen molar-refractivity contribution in [2.24, 2.45) is 5.92 Å². The largest absolute Gasteiger partial charge is 0.416 e. The Morgan fingerprint density at radius 2 is 1.69 bits per heavy atom. The molecular formula is C21H20ClF3N2O2. The van der Waals surface area contributed by atoms with Crippen molar-refractivity contribution in [3.8, 4) is 0 Å². The second-order valence-corrected chi connectivity index (χ2v) is 7.53. The minimum absolute atomic E-state index is 0.114. The maximum atomic E-state index is 12.7. The summed E-state index contributed by atoms with van der Waals surface area (Å²) in [6.45, 7) is 2.60. The number of carbonyl (C=O) groups is 2. The first-order valence-electron chi connectivity index (χ1n) is 9.18. The number of rotatable bonds is 3. The molecule has 154 valence electrons. The van der Waals surface area contributed by atoms with Gasteiger partial charge in [-0.1, -0.05) is 11.6 Å². The Morgan fingerprint density at radius 1 is 1.07 bits per heavy atom. The fraction of sp³-hybridized carbons (Fsp3) is 0.333. The number of halogens is 4. The second kappa shape index (κ2) is 8.45. The van der Waals surface area contributed by atoms with Crippen molar-refractivity contribution in [2.75, 3.05) is 18.4 Å². The van der Waals surface area contributed by atoms with Crippen LogP contribution in [0.15, 0.2) is 42.5 Å². The molecule has 2 amide bonds. The highest BCUT2D eigenvalue weighted by molar-refractivity contribution is 6.30. The minimum atomic E-state index is -4.43. The number of amides is 2. The molecule has 0 saturated carbocycles. The number of aryl methyl sites for hydroxylation is 1. The zero-order valence-electron chi connectivity index (χ0n) is 15.7. The van der Waals surface area contributed by atoms with Crippen LogP contribution < -0.4 is 5.32 Å². The summed E-state index contributed by atoms with van der Waals surface area (Å²) in [6, 6.07) is 9.40. The van der Waals surface area contributed by atoms with Gasteiger partial charge in [-0.05, 0) is 67.8 Å². The SMILES string of the molecule is Cc1cc(Cl)ccc1NC(=O)C1CCN(C(=O)c2ccc(C(F)(F)F)cc2)CC1. The number of alkyl halides is 3. The molecule has 1 aliphatic rings. The van der Waals surface area contributed by atoms with E-state index in [1.807, 2.05) is 6.92 Å². The summed E-state index contributed by atoms with van der Waals surface area (Å²) in [7, 11) is 0. The van der Waals surface area contributed by atoms with Gasteiger partial charge in [0.05, 0.1) is 5.56 Å². The average Bonchev–Trinajstić information content (AvgIpc) is 2.69. The number of hydrogen-bond acceptors (Lipinski definition) is 2. The van der Waals surface area contributed by atoms with Gasteiger partial charge in [-0.3, -0.25) is 9.59 Å². The molecule has 8 heteroatoms. The van der Waals surface area contributed by atoms with Crippen LogP contribution in [0.3, 0.4) is 0 Å². The first-order chi connectivity index (χ1) is 13.6. The lowest BCUT2D eigenvalue weighted by Crippen LogP contribution is -2.41. The lowest BCUT2D eigenvalue weighted by Gasteiger charge is -2.31. The predicted octanol–water partition coefficient (Wildman–Crippen LogP) is 5.16. The lowest BCUT2D eigenvalue weighted by atomic mass is 9.95. The van der Waals surface area contributed by atoms with Crippen LogP contribution in [0.4, 0.5) is 18.9 Å². The van der Waals surface area contributed by atoms with Gasteiger partial charge in [0, 0.05) is 35.3 Å².